The lowest BCUT2D eigenvalue weighted by molar-refractivity contribution is -0.122. The van der Waals surface area contributed by atoms with Crippen molar-refractivity contribution in [3.63, 3.8) is 0 Å². The topological polar surface area (TPSA) is 67.6 Å². The highest BCUT2D eigenvalue weighted by Crippen LogP contribution is 2.22. The number of nitrogens with two attached hydrogens (primary N) is 1. The largest absolute Gasteiger partial charge is 0.379 e. The molecule has 1 fully saturated rings. The zero-order valence-corrected chi connectivity index (χ0v) is 12.2. The van der Waals surface area contributed by atoms with E-state index >= 15 is 0 Å². The SMILES string of the molecule is CC(N)C(=O)NCC(c1cccc(F)c1)N1CCOCC1. The normalized spacial score (nSPS) is 19.0. The van der Waals surface area contributed by atoms with Crippen LogP contribution in [0, 0.1) is 5.82 Å². The Labute approximate surface area is 124 Å². The summed E-state index contributed by atoms with van der Waals surface area (Å²) >= 11 is 0. The maximum atomic E-state index is 13.5. The maximum absolute atomic E-state index is 13.5. The molecule has 0 bridgehead atoms. The highest BCUT2D eigenvalue weighted by Gasteiger charge is 2.23. The first-order valence-corrected chi connectivity index (χ1v) is 7.18. The summed E-state index contributed by atoms with van der Waals surface area (Å²) in [7, 11) is 0. The zero-order chi connectivity index (χ0) is 15.2. The Morgan fingerprint density at radius 2 is 2.19 bits per heavy atom. The molecule has 1 amide bonds. The van der Waals surface area contributed by atoms with Crippen molar-refractivity contribution in [3.05, 3.63) is 35.6 Å². The molecule has 21 heavy (non-hydrogen) atoms. The average molecular weight is 295 g/mol. The summed E-state index contributed by atoms with van der Waals surface area (Å²) < 4.78 is 18.8. The predicted octanol–water partition coefficient (Wildman–Crippen LogP) is 0.662. The summed E-state index contributed by atoms with van der Waals surface area (Å²) in [6, 6.07) is 5.86. The third-order valence-electron chi connectivity index (χ3n) is 3.60. The summed E-state index contributed by atoms with van der Waals surface area (Å²) in [6.07, 6.45) is 0. The molecule has 0 spiro atoms. The van der Waals surface area contributed by atoms with E-state index in [1.807, 2.05) is 6.07 Å². The number of amides is 1. The first kappa shape index (κ1) is 15.9. The molecule has 0 aromatic heterocycles. The zero-order valence-electron chi connectivity index (χ0n) is 12.2. The number of hydrogen-bond acceptors (Lipinski definition) is 4. The van der Waals surface area contributed by atoms with Crippen LogP contribution >= 0.6 is 0 Å². The van der Waals surface area contributed by atoms with Crippen LogP contribution in [0.2, 0.25) is 0 Å². The minimum absolute atomic E-state index is 0.0766. The van der Waals surface area contributed by atoms with Gasteiger partial charge in [-0.25, -0.2) is 4.39 Å². The molecule has 0 saturated carbocycles. The molecule has 116 valence electrons. The molecular formula is C15H22FN3O2. The molecule has 2 atom stereocenters. The van der Waals surface area contributed by atoms with Gasteiger partial charge in [0.1, 0.15) is 5.82 Å². The number of benzene rings is 1. The molecule has 6 heteroatoms. The summed E-state index contributed by atoms with van der Waals surface area (Å²) in [6.45, 7) is 4.86. The number of rotatable bonds is 5. The number of carbonyl (C=O) groups is 1. The van der Waals surface area contributed by atoms with Gasteiger partial charge in [-0.2, -0.15) is 0 Å². The number of ether oxygens (including phenoxy) is 1. The van der Waals surface area contributed by atoms with E-state index in [0.717, 1.165) is 18.7 Å². The fraction of sp³-hybridized carbons (Fsp3) is 0.533. The number of halogens is 1. The lowest BCUT2D eigenvalue weighted by atomic mass is 10.0. The Bertz CT molecular complexity index is 476. The molecule has 2 unspecified atom stereocenters. The minimum Gasteiger partial charge on any atom is -0.379 e. The molecule has 1 aliphatic rings. The van der Waals surface area contributed by atoms with E-state index in [1.54, 1.807) is 13.0 Å². The third kappa shape index (κ3) is 4.49. The molecule has 1 saturated heterocycles. The van der Waals surface area contributed by atoms with Crippen LogP contribution in [0.25, 0.3) is 0 Å². The van der Waals surface area contributed by atoms with Crippen molar-refractivity contribution in [1.29, 1.82) is 0 Å². The van der Waals surface area contributed by atoms with E-state index in [0.29, 0.717) is 19.8 Å². The van der Waals surface area contributed by atoms with Crippen LogP contribution in [0.1, 0.15) is 18.5 Å². The number of morpholine rings is 1. The van der Waals surface area contributed by atoms with Crippen molar-refractivity contribution in [2.24, 2.45) is 5.73 Å². The van der Waals surface area contributed by atoms with Gasteiger partial charge in [0, 0.05) is 19.6 Å². The van der Waals surface area contributed by atoms with Gasteiger partial charge in [0.15, 0.2) is 0 Å². The second kappa shape index (κ2) is 7.49. The van der Waals surface area contributed by atoms with Crippen LogP contribution in [0.15, 0.2) is 24.3 Å². The van der Waals surface area contributed by atoms with Crippen molar-refractivity contribution in [3.8, 4) is 0 Å². The molecule has 3 N–H and O–H groups in total. The van der Waals surface area contributed by atoms with Gasteiger partial charge in [0.25, 0.3) is 0 Å². The lowest BCUT2D eigenvalue weighted by Crippen LogP contribution is -2.46. The fourth-order valence-corrected chi connectivity index (χ4v) is 2.42. The average Bonchev–Trinajstić information content (AvgIpc) is 2.48. The summed E-state index contributed by atoms with van der Waals surface area (Å²) in [5, 5.41) is 2.83. The molecule has 1 aromatic rings. The van der Waals surface area contributed by atoms with Gasteiger partial charge in [0.2, 0.25) is 5.91 Å². The smallest absolute Gasteiger partial charge is 0.236 e. The van der Waals surface area contributed by atoms with Crippen molar-refractivity contribution in [2.75, 3.05) is 32.8 Å². The van der Waals surface area contributed by atoms with E-state index < -0.39 is 6.04 Å². The van der Waals surface area contributed by atoms with Crippen LogP contribution in [0.3, 0.4) is 0 Å². The van der Waals surface area contributed by atoms with E-state index in [1.165, 1.54) is 12.1 Å². The number of nitrogens with zero attached hydrogens (tertiary/aromatic N) is 1. The Morgan fingerprint density at radius 1 is 1.48 bits per heavy atom. The number of carbonyl (C=O) groups excluding carboxylic acids is 1. The van der Waals surface area contributed by atoms with Crippen LogP contribution in [-0.2, 0) is 9.53 Å². The summed E-state index contributed by atoms with van der Waals surface area (Å²) in [5.41, 5.74) is 6.41. The molecule has 0 aliphatic carbocycles. The highest BCUT2D eigenvalue weighted by molar-refractivity contribution is 5.80. The van der Waals surface area contributed by atoms with Gasteiger partial charge in [-0.1, -0.05) is 12.1 Å². The van der Waals surface area contributed by atoms with E-state index in [4.69, 9.17) is 10.5 Å². The van der Waals surface area contributed by atoms with E-state index in [2.05, 4.69) is 10.2 Å². The standard InChI is InChI=1S/C15H22FN3O2/c1-11(17)15(20)18-10-14(19-5-7-21-8-6-19)12-3-2-4-13(16)9-12/h2-4,9,11,14H,5-8,10,17H2,1H3,(H,18,20). The molecule has 2 rings (SSSR count). The van der Waals surface area contributed by atoms with Crippen LogP contribution in [0.5, 0.6) is 0 Å². The van der Waals surface area contributed by atoms with Gasteiger partial charge in [0.05, 0.1) is 25.3 Å². The van der Waals surface area contributed by atoms with Crippen molar-refractivity contribution in [1.82, 2.24) is 10.2 Å². The summed E-state index contributed by atoms with van der Waals surface area (Å²) in [5.74, 6) is -0.478. The lowest BCUT2D eigenvalue weighted by Gasteiger charge is -2.35. The molecule has 5 nitrogen and oxygen atoms in total. The maximum Gasteiger partial charge on any atom is 0.236 e. The Kier molecular flexibility index (Phi) is 5.67. The highest BCUT2D eigenvalue weighted by atomic mass is 19.1. The van der Waals surface area contributed by atoms with Crippen molar-refractivity contribution >= 4 is 5.91 Å². The fourth-order valence-electron chi connectivity index (χ4n) is 2.42. The first-order chi connectivity index (χ1) is 10.1. The molecule has 0 radical (unpaired) electrons. The predicted molar refractivity (Wildman–Crippen MR) is 78.2 cm³/mol. The van der Waals surface area contributed by atoms with Gasteiger partial charge in [-0.3, -0.25) is 9.69 Å². The second-order valence-corrected chi connectivity index (χ2v) is 5.25. The van der Waals surface area contributed by atoms with E-state index in [-0.39, 0.29) is 17.8 Å². The molecular weight excluding hydrogens is 273 g/mol. The van der Waals surface area contributed by atoms with Crippen LogP contribution in [0.4, 0.5) is 4.39 Å². The van der Waals surface area contributed by atoms with Crippen LogP contribution < -0.4 is 11.1 Å². The number of nitrogens with one attached hydrogen (secondary N) is 1. The minimum atomic E-state index is -0.553. The Hall–Kier alpha value is -1.50. The van der Waals surface area contributed by atoms with Gasteiger partial charge in [-0.15, -0.1) is 0 Å². The monoisotopic (exact) mass is 295 g/mol. The van der Waals surface area contributed by atoms with E-state index in [9.17, 15) is 9.18 Å². The summed E-state index contributed by atoms with van der Waals surface area (Å²) in [4.78, 5) is 13.9. The van der Waals surface area contributed by atoms with Crippen LogP contribution in [-0.4, -0.2) is 49.7 Å². The van der Waals surface area contributed by atoms with Gasteiger partial charge < -0.3 is 15.8 Å². The number of hydrogen-bond donors (Lipinski definition) is 2. The van der Waals surface area contributed by atoms with Gasteiger partial charge in [-0.05, 0) is 24.6 Å². The van der Waals surface area contributed by atoms with Gasteiger partial charge >= 0.3 is 0 Å². The Balaban J connectivity index is 2.11. The second-order valence-electron chi connectivity index (χ2n) is 5.25. The molecule has 1 aliphatic heterocycles. The Morgan fingerprint density at radius 3 is 2.81 bits per heavy atom. The third-order valence-corrected chi connectivity index (χ3v) is 3.60. The van der Waals surface area contributed by atoms with Crippen molar-refractivity contribution in [2.45, 2.75) is 19.0 Å². The molecule has 1 aromatic carbocycles. The molecule has 1 heterocycles. The first-order valence-electron chi connectivity index (χ1n) is 7.18. The van der Waals surface area contributed by atoms with Crippen molar-refractivity contribution < 1.29 is 13.9 Å². The quantitative estimate of drug-likeness (QED) is 0.837.